The Labute approximate surface area is 116 Å². The van der Waals surface area contributed by atoms with Crippen molar-refractivity contribution in [2.45, 2.75) is 32.1 Å². The Morgan fingerprint density at radius 3 is 3.00 bits per heavy atom. The zero-order valence-electron chi connectivity index (χ0n) is 11.0. The minimum absolute atomic E-state index is 0.0447. The van der Waals surface area contributed by atoms with Crippen LogP contribution in [0.3, 0.4) is 0 Å². The molecule has 19 heavy (non-hydrogen) atoms. The number of carbonyl (C=O) groups excluding carboxylic acids is 1. The summed E-state index contributed by atoms with van der Waals surface area (Å²) in [5, 5.41) is 7.01. The SMILES string of the molecule is Cn1ccc(NC(=O)c2cc3c(s2)CCCCC3)n1. The third-order valence-electron chi connectivity index (χ3n) is 3.43. The third kappa shape index (κ3) is 2.71. The molecule has 2 aromatic heterocycles. The van der Waals surface area contributed by atoms with E-state index in [-0.39, 0.29) is 5.91 Å². The van der Waals surface area contributed by atoms with E-state index in [0.29, 0.717) is 5.82 Å². The zero-order chi connectivity index (χ0) is 13.2. The summed E-state index contributed by atoms with van der Waals surface area (Å²) in [6.45, 7) is 0. The van der Waals surface area contributed by atoms with Crippen LogP contribution in [0.25, 0.3) is 0 Å². The molecular weight excluding hydrogens is 258 g/mol. The van der Waals surface area contributed by atoms with E-state index in [2.05, 4.69) is 16.5 Å². The van der Waals surface area contributed by atoms with Gasteiger partial charge in [-0.15, -0.1) is 11.3 Å². The Bertz CT molecular complexity index is 576. The van der Waals surface area contributed by atoms with Gasteiger partial charge in [0.25, 0.3) is 5.91 Å². The molecule has 2 heterocycles. The van der Waals surface area contributed by atoms with E-state index in [0.717, 1.165) is 17.7 Å². The van der Waals surface area contributed by atoms with Crippen LogP contribution in [-0.4, -0.2) is 15.7 Å². The lowest BCUT2D eigenvalue weighted by atomic mass is 10.1. The minimum Gasteiger partial charge on any atom is -0.304 e. The molecule has 1 aliphatic carbocycles. The lowest BCUT2D eigenvalue weighted by Crippen LogP contribution is -2.10. The van der Waals surface area contributed by atoms with Crippen LogP contribution in [0.2, 0.25) is 0 Å². The Morgan fingerprint density at radius 1 is 1.37 bits per heavy atom. The van der Waals surface area contributed by atoms with Gasteiger partial charge in [-0.3, -0.25) is 9.48 Å². The van der Waals surface area contributed by atoms with Crippen molar-refractivity contribution in [3.8, 4) is 0 Å². The van der Waals surface area contributed by atoms with Crippen LogP contribution in [-0.2, 0) is 19.9 Å². The molecule has 0 spiro atoms. The van der Waals surface area contributed by atoms with E-state index < -0.39 is 0 Å². The van der Waals surface area contributed by atoms with Crippen LogP contribution >= 0.6 is 11.3 Å². The van der Waals surface area contributed by atoms with Crippen LogP contribution in [0.1, 0.15) is 39.4 Å². The highest BCUT2D eigenvalue weighted by atomic mass is 32.1. The van der Waals surface area contributed by atoms with E-state index in [1.165, 1.54) is 29.7 Å². The maximum Gasteiger partial charge on any atom is 0.266 e. The number of hydrogen-bond donors (Lipinski definition) is 1. The van der Waals surface area contributed by atoms with Gasteiger partial charge in [-0.2, -0.15) is 5.10 Å². The van der Waals surface area contributed by atoms with Crippen molar-refractivity contribution >= 4 is 23.1 Å². The first-order valence-electron chi connectivity index (χ1n) is 6.65. The van der Waals surface area contributed by atoms with Crippen LogP contribution in [0.4, 0.5) is 5.82 Å². The van der Waals surface area contributed by atoms with Gasteiger partial charge in [-0.05, 0) is 37.3 Å². The fourth-order valence-electron chi connectivity index (χ4n) is 2.44. The van der Waals surface area contributed by atoms with Gasteiger partial charge < -0.3 is 5.32 Å². The van der Waals surface area contributed by atoms with Crippen molar-refractivity contribution in [2.24, 2.45) is 7.05 Å². The van der Waals surface area contributed by atoms with E-state index >= 15 is 0 Å². The maximum absolute atomic E-state index is 12.2. The van der Waals surface area contributed by atoms with Gasteiger partial charge in [0.2, 0.25) is 0 Å². The minimum atomic E-state index is -0.0447. The molecule has 5 heteroatoms. The fourth-order valence-corrected chi connectivity index (χ4v) is 3.59. The summed E-state index contributed by atoms with van der Waals surface area (Å²) in [5.74, 6) is 0.563. The van der Waals surface area contributed by atoms with Crippen LogP contribution in [0.15, 0.2) is 18.3 Å². The molecule has 0 aliphatic heterocycles. The normalized spacial score (nSPS) is 14.8. The van der Waals surface area contributed by atoms with Crippen LogP contribution in [0, 0.1) is 0 Å². The summed E-state index contributed by atoms with van der Waals surface area (Å²) in [7, 11) is 1.84. The molecule has 0 aromatic carbocycles. The van der Waals surface area contributed by atoms with Gasteiger partial charge >= 0.3 is 0 Å². The number of hydrogen-bond acceptors (Lipinski definition) is 3. The number of thiophene rings is 1. The quantitative estimate of drug-likeness (QED) is 0.856. The summed E-state index contributed by atoms with van der Waals surface area (Å²) in [4.78, 5) is 14.4. The van der Waals surface area contributed by atoms with E-state index in [1.807, 2.05) is 13.2 Å². The molecule has 0 fully saturated rings. The number of fused-ring (bicyclic) bond motifs is 1. The second-order valence-electron chi connectivity index (χ2n) is 4.95. The predicted molar refractivity (Wildman–Crippen MR) is 76.7 cm³/mol. The zero-order valence-corrected chi connectivity index (χ0v) is 11.8. The van der Waals surface area contributed by atoms with Crippen molar-refractivity contribution in [3.05, 3.63) is 33.6 Å². The summed E-state index contributed by atoms with van der Waals surface area (Å²) in [6, 6.07) is 3.86. The molecule has 3 rings (SSSR count). The Kier molecular flexibility index (Phi) is 3.38. The first-order valence-corrected chi connectivity index (χ1v) is 7.46. The lowest BCUT2D eigenvalue weighted by Gasteiger charge is -1.98. The average molecular weight is 275 g/mol. The van der Waals surface area contributed by atoms with Crippen molar-refractivity contribution in [3.63, 3.8) is 0 Å². The Balaban J connectivity index is 1.76. The monoisotopic (exact) mass is 275 g/mol. The van der Waals surface area contributed by atoms with E-state index in [4.69, 9.17) is 0 Å². The summed E-state index contributed by atoms with van der Waals surface area (Å²) in [5.41, 5.74) is 1.37. The molecule has 0 bridgehead atoms. The smallest absolute Gasteiger partial charge is 0.266 e. The van der Waals surface area contributed by atoms with E-state index in [9.17, 15) is 4.79 Å². The summed E-state index contributed by atoms with van der Waals surface area (Å²) < 4.78 is 1.68. The number of rotatable bonds is 2. The first-order chi connectivity index (χ1) is 9.22. The second-order valence-corrected chi connectivity index (χ2v) is 6.09. The van der Waals surface area contributed by atoms with Crippen molar-refractivity contribution < 1.29 is 4.79 Å². The molecule has 0 saturated heterocycles. The highest BCUT2D eigenvalue weighted by Gasteiger charge is 2.16. The Hall–Kier alpha value is -1.62. The van der Waals surface area contributed by atoms with Crippen LogP contribution in [0.5, 0.6) is 0 Å². The highest BCUT2D eigenvalue weighted by molar-refractivity contribution is 7.14. The Morgan fingerprint density at radius 2 is 2.21 bits per heavy atom. The molecule has 2 aromatic rings. The van der Waals surface area contributed by atoms with E-state index in [1.54, 1.807) is 22.1 Å². The van der Waals surface area contributed by atoms with Gasteiger partial charge in [0.15, 0.2) is 5.82 Å². The molecule has 100 valence electrons. The number of carbonyl (C=O) groups is 1. The fraction of sp³-hybridized carbons (Fsp3) is 0.429. The molecule has 0 unspecified atom stereocenters. The number of nitrogens with one attached hydrogen (secondary N) is 1. The molecule has 1 N–H and O–H groups in total. The second kappa shape index (κ2) is 5.17. The maximum atomic E-state index is 12.2. The number of aryl methyl sites for hydroxylation is 3. The van der Waals surface area contributed by atoms with Crippen molar-refractivity contribution in [2.75, 3.05) is 5.32 Å². The molecular formula is C14H17N3OS. The molecule has 0 atom stereocenters. The van der Waals surface area contributed by atoms with Crippen molar-refractivity contribution in [1.82, 2.24) is 9.78 Å². The summed E-state index contributed by atoms with van der Waals surface area (Å²) in [6.07, 6.45) is 7.84. The molecule has 1 aliphatic rings. The number of anilines is 1. The number of nitrogens with zero attached hydrogens (tertiary/aromatic N) is 2. The summed E-state index contributed by atoms with van der Waals surface area (Å²) >= 11 is 1.64. The van der Waals surface area contributed by atoms with Gasteiger partial charge in [-0.25, -0.2) is 0 Å². The van der Waals surface area contributed by atoms with Crippen LogP contribution < -0.4 is 5.32 Å². The standard InChI is InChI=1S/C14H17N3OS/c1-17-8-7-13(16-17)15-14(18)12-9-10-5-3-2-4-6-11(10)19-12/h7-9H,2-6H2,1H3,(H,15,16,18). The lowest BCUT2D eigenvalue weighted by molar-refractivity contribution is 0.103. The van der Waals surface area contributed by atoms with Gasteiger partial charge in [-0.1, -0.05) is 6.42 Å². The number of amides is 1. The third-order valence-corrected chi connectivity index (χ3v) is 4.66. The number of aromatic nitrogens is 2. The average Bonchev–Trinajstić information content (AvgIpc) is 2.91. The largest absolute Gasteiger partial charge is 0.304 e. The first kappa shape index (κ1) is 12.4. The van der Waals surface area contributed by atoms with Gasteiger partial charge in [0.1, 0.15) is 0 Å². The highest BCUT2D eigenvalue weighted by Crippen LogP contribution is 2.29. The molecule has 4 nitrogen and oxygen atoms in total. The molecule has 0 radical (unpaired) electrons. The van der Waals surface area contributed by atoms with Crippen molar-refractivity contribution in [1.29, 1.82) is 0 Å². The van der Waals surface area contributed by atoms with Gasteiger partial charge in [0, 0.05) is 24.2 Å². The topological polar surface area (TPSA) is 46.9 Å². The molecule has 1 amide bonds. The molecule has 0 saturated carbocycles. The predicted octanol–water partition coefficient (Wildman–Crippen LogP) is 3.00. The van der Waals surface area contributed by atoms with Gasteiger partial charge in [0.05, 0.1) is 4.88 Å².